The number of methoxy groups -OCH3 is 1. The lowest BCUT2D eigenvalue weighted by Crippen LogP contribution is -2.03. The van der Waals surface area contributed by atoms with Crippen molar-refractivity contribution >= 4 is 23.0 Å². The highest BCUT2D eigenvalue weighted by molar-refractivity contribution is 6.33. The molecule has 0 saturated carbocycles. The van der Waals surface area contributed by atoms with E-state index in [1.54, 1.807) is 7.11 Å². The van der Waals surface area contributed by atoms with Crippen LogP contribution in [0.2, 0.25) is 5.02 Å². The third-order valence-corrected chi connectivity index (χ3v) is 3.21. The minimum Gasteiger partial charge on any atom is -0.496 e. The average Bonchev–Trinajstić information content (AvgIpc) is 2.47. The monoisotopic (exact) mass is 288 g/mol. The second kappa shape index (κ2) is 6.96. The lowest BCUT2D eigenvalue weighted by Gasteiger charge is -2.08. The topological polar surface area (TPSA) is 33.6 Å². The van der Waals surface area contributed by atoms with Gasteiger partial charge in [-0.3, -0.25) is 5.43 Å². The van der Waals surface area contributed by atoms with Crippen molar-refractivity contribution in [2.75, 3.05) is 12.5 Å². The summed E-state index contributed by atoms with van der Waals surface area (Å²) in [4.78, 5) is 0. The molecule has 1 N–H and O–H groups in total. The number of hydrogen-bond acceptors (Lipinski definition) is 3. The van der Waals surface area contributed by atoms with E-state index in [1.807, 2.05) is 55.5 Å². The number of hydrazone groups is 1. The van der Waals surface area contributed by atoms with Crippen LogP contribution in [0.1, 0.15) is 12.5 Å². The van der Waals surface area contributed by atoms with Gasteiger partial charge in [-0.05, 0) is 30.7 Å². The fourth-order valence-electron chi connectivity index (χ4n) is 1.87. The van der Waals surface area contributed by atoms with Crippen molar-refractivity contribution < 1.29 is 4.74 Å². The van der Waals surface area contributed by atoms with Gasteiger partial charge in [0.2, 0.25) is 0 Å². The van der Waals surface area contributed by atoms with E-state index in [0.29, 0.717) is 5.02 Å². The van der Waals surface area contributed by atoms with Crippen molar-refractivity contribution in [3.8, 4) is 5.75 Å². The third kappa shape index (κ3) is 3.75. The summed E-state index contributed by atoms with van der Waals surface area (Å²) in [5.41, 5.74) is 5.85. The number of hydrogen-bond donors (Lipinski definition) is 1. The normalized spacial score (nSPS) is 11.2. The maximum atomic E-state index is 6.06. The number of nitrogens with zero attached hydrogens (tertiary/aromatic N) is 1. The van der Waals surface area contributed by atoms with Crippen molar-refractivity contribution in [1.29, 1.82) is 0 Å². The molecule has 4 heteroatoms. The van der Waals surface area contributed by atoms with E-state index in [0.717, 1.165) is 29.1 Å². The number of rotatable bonds is 5. The molecule has 3 nitrogen and oxygen atoms in total. The molecule has 0 aliphatic carbocycles. The lowest BCUT2D eigenvalue weighted by molar-refractivity contribution is 0.411. The summed E-state index contributed by atoms with van der Waals surface area (Å²) in [6, 6.07) is 15.5. The zero-order chi connectivity index (χ0) is 14.4. The van der Waals surface area contributed by atoms with E-state index in [9.17, 15) is 0 Å². The van der Waals surface area contributed by atoms with Gasteiger partial charge in [0, 0.05) is 12.1 Å². The molecule has 0 aliphatic rings. The Morgan fingerprint density at radius 1 is 1.15 bits per heavy atom. The smallest absolute Gasteiger partial charge is 0.122 e. The van der Waals surface area contributed by atoms with E-state index in [2.05, 4.69) is 10.5 Å². The van der Waals surface area contributed by atoms with Crippen LogP contribution >= 0.6 is 11.6 Å². The van der Waals surface area contributed by atoms with Crippen LogP contribution < -0.4 is 10.2 Å². The largest absolute Gasteiger partial charge is 0.496 e. The number of para-hydroxylation sites is 2. The fraction of sp³-hybridized carbons (Fsp3) is 0.188. The van der Waals surface area contributed by atoms with Crippen LogP contribution in [0.15, 0.2) is 53.6 Å². The highest BCUT2D eigenvalue weighted by Crippen LogP contribution is 2.21. The van der Waals surface area contributed by atoms with Gasteiger partial charge in [0.25, 0.3) is 0 Å². The standard InChI is InChI=1S/C16H17ClN2O/c1-12(11-13-7-3-6-10-16(13)20-2)18-19-15-9-5-4-8-14(15)17/h3-10,19H,11H2,1-2H3/b18-12-. The summed E-state index contributed by atoms with van der Waals surface area (Å²) < 4.78 is 5.33. The predicted octanol–water partition coefficient (Wildman–Crippen LogP) is 4.38. The van der Waals surface area contributed by atoms with E-state index < -0.39 is 0 Å². The highest BCUT2D eigenvalue weighted by atomic mass is 35.5. The van der Waals surface area contributed by atoms with Gasteiger partial charge in [0.05, 0.1) is 17.8 Å². The molecule has 0 heterocycles. The molecule has 0 aliphatic heterocycles. The van der Waals surface area contributed by atoms with Gasteiger partial charge in [-0.25, -0.2) is 0 Å². The van der Waals surface area contributed by atoms with Gasteiger partial charge in [-0.2, -0.15) is 5.10 Å². The molecule has 0 bridgehead atoms. The van der Waals surface area contributed by atoms with Crippen LogP contribution in [0.5, 0.6) is 5.75 Å². The van der Waals surface area contributed by atoms with Crippen molar-refractivity contribution in [3.05, 3.63) is 59.1 Å². The number of ether oxygens (including phenoxy) is 1. The quantitative estimate of drug-likeness (QED) is 0.654. The van der Waals surface area contributed by atoms with Crippen LogP contribution in [-0.2, 0) is 6.42 Å². The molecule has 2 aromatic carbocycles. The summed E-state index contributed by atoms with van der Waals surface area (Å²) in [5, 5.41) is 5.01. The molecule has 0 saturated heterocycles. The second-order valence-corrected chi connectivity index (χ2v) is 4.83. The Morgan fingerprint density at radius 3 is 2.60 bits per heavy atom. The van der Waals surface area contributed by atoms with Crippen molar-refractivity contribution in [3.63, 3.8) is 0 Å². The van der Waals surface area contributed by atoms with E-state index >= 15 is 0 Å². The molecule has 0 radical (unpaired) electrons. The van der Waals surface area contributed by atoms with Crippen LogP contribution in [0.25, 0.3) is 0 Å². The molecule has 0 fully saturated rings. The molecule has 0 atom stereocenters. The molecular formula is C16H17ClN2O. The summed E-state index contributed by atoms with van der Waals surface area (Å²) in [5.74, 6) is 0.875. The first-order valence-corrected chi connectivity index (χ1v) is 6.74. The Morgan fingerprint density at radius 2 is 1.85 bits per heavy atom. The highest BCUT2D eigenvalue weighted by Gasteiger charge is 2.03. The molecule has 2 rings (SSSR count). The van der Waals surface area contributed by atoms with Gasteiger partial charge in [0.1, 0.15) is 5.75 Å². The molecule has 0 amide bonds. The Kier molecular flexibility index (Phi) is 5.02. The summed E-state index contributed by atoms with van der Waals surface area (Å²) >= 11 is 6.06. The van der Waals surface area contributed by atoms with E-state index in [-0.39, 0.29) is 0 Å². The summed E-state index contributed by atoms with van der Waals surface area (Å²) in [7, 11) is 1.67. The van der Waals surface area contributed by atoms with Crippen LogP contribution in [-0.4, -0.2) is 12.8 Å². The maximum Gasteiger partial charge on any atom is 0.122 e. The van der Waals surface area contributed by atoms with Crippen LogP contribution in [0.4, 0.5) is 5.69 Å². The Labute approximate surface area is 124 Å². The summed E-state index contributed by atoms with van der Waals surface area (Å²) in [6.45, 7) is 1.97. The maximum absolute atomic E-state index is 6.06. The fourth-order valence-corrected chi connectivity index (χ4v) is 2.05. The molecule has 0 aromatic heterocycles. The number of benzene rings is 2. The third-order valence-electron chi connectivity index (χ3n) is 2.88. The second-order valence-electron chi connectivity index (χ2n) is 4.43. The molecule has 20 heavy (non-hydrogen) atoms. The average molecular weight is 289 g/mol. The van der Waals surface area contributed by atoms with Crippen LogP contribution in [0, 0.1) is 0 Å². The van der Waals surface area contributed by atoms with Crippen molar-refractivity contribution in [2.45, 2.75) is 13.3 Å². The minimum atomic E-state index is 0.654. The zero-order valence-electron chi connectivity index (χ0n) is 11.6. The Bertz CT molecular complexity index is 611. The molecule has 0 unspecified atom stereocenters. The van der Waals surface area contributed by atoms with Crippen molar-refractivity contribution in [1.82, 2.24) is 0 Å². The number of halogens is 1. The van der Waals surface area contributed by atoms with E-state index in [4.69, 9.17) is 16.3 Å². The minimum absolute atomic E-state index is 0.654. The van der Waals surface area contributed by atoms with Gasteiger partial charge in [-0.1, -0.05) is 41.9 Å². The predicted molar refractivity (Wildman–Crippen MR) is 84.9 cm³/mol. The van der Waals surface area contributed by atoms with Crippen LogP contribution in [0.3, 0.4) is 0 Å². The Hall–Kier alpha value is -2.00. The first-order valence-electron chi connectivity index (χ1n) is 6.36. The van der Waals surface area contributed by atoms with Gasteiger partial charge in [0.15, 0.2) is 0 Å². The zero-order valence-corrected chi connectivity index (χ0v) is 12.3. The molecule has 104 valence electrons. The number of nitrogens with one attached hydrogen (secondary N) is 1. The molecule has 2 aromatic rings. The van der Waals surface area contributed by atoms with Crippen molar-refractivity contribution in [2.24, 2.45) is 5.10 Å². The first-order chi connectivity index (χ1) is 9.70. The molecule has 0 spiro atoms. The number of anilines is 1. The van der Waals surface area contributed by atoms with Gasteiger partial charge in [-0.15, -0.1) is 0 Å². The summed E-state index contributed by atoms with van der Waals surface area (Å²) in [6.07, 6.45) is 0.724. The molecular weight excluding hydrogens is 272 g/mol. The first kappa shape index (κ1) is 14.4. The lowest BCUT2D eigenvalue weighted by atomic mass is 10.1. The Balaban J connectivity index is 2.06. The SMILES string of the molecule is COc1ccccc1C/C(C)=N\Nc1ccccc1Cl. The van der Waals surface area contributed by atoms with Gasteiger partial charge >= 0.3 is 0 Å². The van der Waals surface area contributed by atoms with Gasteiger partial charge < -0.3 is 4.74 Å². The van der Waals surface area contributed by atoms with E-state index in [1.165, 1.54) is 0 Å².